The van der Waals surface area contributed by atoms with E-state index in [-0.39, 0.29) is 0 Å². The monoisotopic (exact) mass is 656 g/mol. The Morgan fingerprint density at radius 3 is 1.36 bits per heavy atom. The van der Waals surface area contributed by atoms with Crippen molar-refractivity contribution >= 4 is 89.2 Å². The molecule has 0 atom stereocenters. The van der Waals surface area contributed by atoms with Crippen LogP contribution in [0.2, 0.25) is 0 Å². The van der Waals surface area contributed by atoms with Gasteiger partial charge in [-0.1, -0.05) is 115 Å². The highest BCUT2D eigenvalue weighted by Crippen LogP contribution is 2.57. The highest BCUT2D eigenvalue weighted by Gasteiger charge is 2.28. The smallest absolute Gasteiger partial charge is 0.0612 e. The molecule has 0 fully saturated rings. The Morgan fingerprint density at radius 1 is 0.340 bits per heavy atom. The first kappa shape index (κ1) is 28.3. The van der Waals surface area contributed by atoms with Crippen molar-refractivity contribution in [2.24, 2.45) is 0 Å². The zero-order chi connectivity index (χ0) is 31.2. The second kappa shape index (κ2) is 12.0. The lowest BCUT2D eigenvalue weighted by atomic mass is 10.1. The highest BCUT2D eigenvalue weighted by molar-refractivity contribution is 8.05. The lowest BCUT2D eigenvalue weighted by Crippen LogP contribution is -2.13. The maximum Gasteiger partial charge on any atom is 0.0612 e. The molecule has 47 heavy (non-hydrogen) atoms. The Kier molecular flexibility index (Phi) is 7.23. The Morgan fingerprint density at radius 2 is 0.809 bits per heavy atom. The number of nitrogens with zero attached hydrogens (tertiary/aromatic N) is 2. The van der Waals surface area contributed by atoms with Crippen LogP contribution in [0.15, 0.2) is 189 Å². The number of anilines is 6. The van der Waals surface area contributed by atoms with Crippen LogP contribution in [0.4, 0.5) is 34.1 Å². The first-order valence-electron chi connectivity index (χ1n) is 15.6. The average molecular weight is 657 g/mol. The van der Waals surface area contributed by atoms with Crippen molar-refractivity contribution in [2.75, 3.05) is 9.80 Å². The first-order valence-corrected chi connectivity index (χ1v) is 18.1. The van der Waals surface area contributed by atoms with E-state index in [1.165, 1.54) is 51.1 Å². The summed E-state index contributed by atoms with van der Waals surface area (Å²) in [6, 6.07) is 61.2. The fourth-order valence-corrected chi connectivity index (χ4v) is 10.0. The zero-order valence-corrected chi connectivity index (χ0v) is 27.7. The number of thiophene rings is 1. The molecule has 224 valence electrons. The molecule has 7 aromatic carbocycles. The van der Waals surface area contributed by atoms with Gasteiger partial charge in [0.1, 0.15) is 0 Å². The van der Waals surface area contributed by atoms with Crippen molar-refractivity contribution in [1.82, 2.24) is 0 Å². The normalized spacial score (nSPS) is 12.1. The van der Waals surface area contributed by atoms with Gasteiger partial charge < -0.3 is 9.80 Å². The minimum absolute atomic E-state index is 1.14. The van der Waals surface area contributed by atoms with Crippen molar-refractivity contribution in [3.8, 4) is 0 Å². The van der Waals surface area contributed by atoms with Crippen molar-refractivity contribution in [1.29, 1.82) is 0 Å². The van der Waals surface area contributed by atoms with Gasteiger partial charge in [-0.25, -0.2) is 0 Å². The summed E-state index contributed by atoms with van der Waals surface area (Å²) in [6.07, 6.45) is 0. The SMILES string of the molecule is c1ccc(N(c2ccccc2)c2cccc3c2Sc2cccc(N(c4ccccc4)c4ccc5c(c4)sc4ccccc45)c2S3)cc1. The number of hydrogen-bond donors (Lipinski definition) is 0. The molecule has 2 nitrogen and oxygen atoms in total. The summed E-state index contributed by atoms with van der Waals surface area (Å²) in [5.41, 5.74) is 6.96. The van der Waals surface area contributed by atoms with E-state index < -0.39 is 0 Å². The van der Waals surface area contributed by atoms with E-state index in [0.717, 1.165) is 22.7 Å². The average Bonchev–Trinajstić information content (AvgIpc) is 3.51. The molecular weight excluding hydrogens is 629 g/mol. The highest BCUT2D eigenvalue weighted by atomic mass is 32.2. The summed E-state index contributed by atoms with van der Waals surface area (Å²) in [4.78, 5) is 9.86. The van der Waals surface area contributed by atoms with Crippen LogP contribution in [-0.4, -0.2) is 0 Å². The molecule has 0 N–H and O–H groups in total. The molecule has 0 unspecified atom stereocenters. The van der Waals surface area contributed by atoms with Crippen LogP contribution in [-0.2, 0) is 0 Å². The summed E-state index contributed by atoms with van der Waals surface area (Å²) in [5.74, 6) is 0. The van der Waals surface area contributed by atoms with E-state index in [1.807, 2.05) is 34.9 Å². The van der Waals surface area contributed by atoms with Crippen LogP contribution >= 0.6 is 34.9 Å². The minimum Gasteiger partial charge on any atom is -0.309 e. The minimum atomic E-state index is 1.14. The van der Waals surface area contributed by atoms with Crippen molar-refractivity contribution < 1.29 is 0 Å². The molecule has 0 saturated carbocycles. The van der Waals surface area contributed by atoms with Gasteiger partial charge in [-0.3, -0.25) is 0 Å². The van der Waals surface area contributed by atoms with Crippen molar-refractivity contribution in [2.45, 2.75) is 19.6 Å². The Balaban J connectivity index is 1.18. The largest absolute Gasteiger partial charge is 0.309 e. The van der Waals surface area contributed by atoms with E-state index in [9.17, 15) is 0 Å². The van der Waals surface area contributed by atoms with Crippen molar-refractivity contribution in [3.05, 3.63) is 170 Å². The summed E-state index contributed by atoms with van der Waals surface area (Å²) >= 11 is 5.60. The second-order valence-corrected chi connectivity index (χ2v) is 14.6. The maximum absolute atomic E-state index is 2.42. The number of rotatable bonds is 6. The van der Waals surface area contributed by atoms with E-state index in [1.54, 1.807) is 0 Å². The summed E-state index contributed by atoms with van der Waals surface area (Å²) in [7, 11) is 0. The predicted octanol–water partition coefficient (Wildman–Crippen LogP) is 13.6. The zero-order valence-electron chi connectivity index (χ0n) is 25.3. The predicted molar refractivity (Wildman–Crippen MR) is 203 cm³/mol. The van der Waals surface area contributed by atoms with E-state index in [4.69, 9.17) is 0 Å². The van der Waals surface area contributed by atoms with Crippen LogP contribution < -0.4 is 9.80 Å². The first-order chi connectivity index (χ1) is 23.3. The Bertz CT molecular complexity index is 2330. The summed E-state index contributed by atoms with van der Waals surface area (Å²) < 4.78 is 2.62. The van der Waals surface area contributed by atoms with Crippen LogP contribution in [0.1, 0.15) is 0 Å². The lowest BCUT2D eigenvalue weighted by molar-refractivity contribution is 1.10. The fourth-order valence-electron chi connectivity index (χ4n) is 6.39. The molecular formula is C42H28N2S3. The van der Waals surface area contributed by atoms with Crippen LogP contribution in [0.3, 0.4) is 0 Å². The molecule has 1 aromatic heterocycles. The molecule has 5 heteroatoms. The van der Waals surface area contributed by atoms with Crippen LogP contribution in [0.25, 0.3) is 20.2 Å². The maximum atomic E-state index is 2.42. The number of fused-ring (bicyclic) bond motifs is 5. The Labute approximate surface area is 286 Å². The lowest BCUT2D eigenvalue weighted by Gasteiger charge is -2.32. The van der Waals surface area contributed by atoms with Gasteiger partial charge >= 0.3 is 0 Å². The van der Waals surface area contributed by atoms with E-state index in [2.05, 4.69) is 180 Å². The van der Waals surface area contributed by atoms with Crippen LogP contribution in [0.5, 0.6) is 0 Å². The molecule has 2 heterocycles. The quantitative estimate of drug-likeness (QED) is 0.176. The molecule has 0 amide bonds. The third-order valence-electron chi connectivity index (χ3n) is 8.49. The Hall–Kier alpha value is -4.94. The summed E-state index contributed by atoms with van der Waals surface area (Å²) in [5, 5.41) is 2.63. The third kappa shape index (κ3) is 5.08. The molecule has 1 aliphatic heterocycles. The van der Waals surface area contributed by atoms with Gasteiger partial charge in [-0.2, -0.15) is 0 Å². The molecule has 0 radical (unpaired) electrons. The molecule has 1 aliphatic rings. The number of para-hydroxylation sites is 3. The molecule has 8 aromatic rings. The number of hydrogen-bond acceptors (Lipinski definition) is 5. The summed E-state index contributed by atoms with van der Waals surface area (Å²) in [6.45, 7) is 0. The second-order valence-electron chi connectivity index (χ2n) is 11.4. The third-order valence-corrected chi connectivity index (χ3v) is 12.3. The van der Waals surface area contributed by atoms with E-state index >= 15 is 0 Å². The standard InChI is InChI=1S/C42H28N2S3/c1-4-14-29(15-5-1)43(30-16-6-2-7-17-30)35-21-12-24-38-41(35)46-39-25-13-22-36(42(39)47-38)44(31-18-8-3-9-19-31)32-26-27-34-33-20-10-11-23-37(33)45-40(34)28-32/h1-28H. The molecule has 0 spiro atoms. The topological polar surface area (TPSA) is 6.48 Å². The van der Waals surface area contributed by atoms with E-state index in [0.29, 0.717) is 0 Å². The molecule has 9 rings (SSSR count). The molecule has 0 saturated heterocycles. The van der Waals surface area contributed by atoms with Gasteiger partial charge in [0.25, 0.3) is 0 Å². The molecule has 0 bridgehead atoms. The van der Waals surface area contributed by atoms with Gasteiger partial charge in [-0.05, 0) is 78.9 Å². The van der Waals surface area contributed by atoms with Gasteiger partial charge in [0.2, 0.25) is 0 Å². The van der Waals surface area contributed by atoms with Crippen molar-refractivity contribution in [3.63, 3.8) is 0 Å². The van der Waals surface area contributed by atoms with Gasteiger partial charge in [0.05, 0.1) is 21.2 Å². The molecule has 0 aliphatic carbocycles. The van der Waals surface area contributed by atoms with Gasteiger partial charge in [-0.15, -0.1) is 11.3 Å². The number of benzene rings is 7. The fraction of sp³-hybridized carbons (Fsp3) is 0. The van der Waals surface area contributed by atoms with Gasteiger partial charge in [0.15, 0.2) is 0 Å². The van der Waals surface area contributed by atoms with Crippen LogP contribution in [0, 0.1) is 0 Å². The van der Waals surface area contributed by atoms with Gasteiger partial charge in [0, 0.05) is 52.7 Å².